The number of rotatable bonds is 8. The summed E-state index contributed by atoms with van der Waals surface area (Å²) in [4.78, 5) is 12.2. The third kappa shape index (κ3) is 5.39. The van der Waals surface area contributed by atoms with Crippen molar-refractivity contribution >= 4 is 5.91 Å². The maximum Gasteiger partial charge on any atom is 0.251 e. The molecule has 0 radical (unpaired) electrons. The molecule has 0 heterocycles. The third-order valence-corrected chi connectivity index (χ3v) is 3.58. The lowest BCUT2D eigenvalue weighted by molar-refractivity contribution is 0.0946. The lowest BCUT2D eigenvalue weighted by Gasteiger charge is -2.12. The number of nitrogens with one attached hydrogen (secondary N) is 1. The Morgan fingerprint density at radius 3 is 2.50 bits per heavy atom. The average Bonchev–Trinajstić information content (AvgIpc) is 2.60. The van der Waals surface area contributed by atoms with Gasteiger partial charge in [0.25, 0.3) is 5.91 Å². The van der Waals surface area contributed by atoms with Gasteiger partial charge in [-0.25, -0.2) is 0 Å². The van der Waals surface area contributed by atoms with Crippen molar-refractivity contribution in [1.29, 1.82) is 0 Å². The molecule has 0 saturated heterocycles. The Labute approximate surface area is 143 Å². The minimum atomic E-state index is -0.0735. The van der Waals surface area contributed by atoms with Gasteiger partial charge in [-0.3, -0.25) is 4.79 Å². The van der Waals surface area contributed by atoms with E-state index >= 15 is 0 Å². The van der Waals surface area contributed by atoms with Crippen LogP contribution in [0.5, 0.6) is 5.75 Å². The molecular weight excluding hydrogens is 302 g/mol. The predicted octanol–water partition coefficient (Wildman–Crippen LogP) is 3.80. The standard InChI is InChI=1S/C20H25NO3/c1-15(2)12-21-20(22)17-9-10-19(23-3)18(11-17)14-24-13-16-7-5-4-6-8-16/h4-11,15H,12-14H2,1-3H3,(H,21,22). The Morgan fingerprint density at radius 1 is 1.08 bits per heavy atom. The van der Waals surface area contributed by atoms with Crippen LogP contribution in [0.4, 0.5) is 0 Å². The zero-order valence-corrected chi connectivity index (χ0v) is 14.5. The number of carbonyl (C=O) groups excluding carboxylic acids is 1. The monoisotopic (exact) mass is 327 g/mol. The summed E-state index contributed by atoms with van der Waals surface area (Å²) < 4.78 is 11.1. The molecule has 0 aliphatic rings. The van der Waals surface area contributed by atoms with Gasteiger partial charge in [0, 0.05) is 17.7 Å². The zero-order valence-electron chi connectivity index (χ0n) is 14.5. The van der Waals surface area contributed by atoms with E-state index in [2.05, 4.69) is 19.2 Å². The van der Waals surface area contributed by atoms with E-state index in [1.54, 1.807) is 13.2 Å². The molecule has 2 rings (SSSR count). The van der Waals surface area contributed by atoms with E-state index in [9.17, 15) is 4.79 Å². The molecule has 0 aliphatic heterocycles. The highest BCUT2D eigenvalue weighted by Gasteiger charge is 2.11. The molecule has 4 nitrogen and oxygen atoms in total. The summed E-state index contributed by atoms with van der Waals surface area (Å²) in [7, 11) is 1.62. The van der Waals surface area contributed by atoms with E-state index in [4.69, 9.17) is 9.47 Å². The van der Waals surface area contributed by atoms with Gasteiger partial charge >= 0.3 is 0 Å². The normalized spacial score (nSPS) is 10.7. The first kappa shape index (κ1) is 18.0. The van der Waals surface area contributed by atoms with Gasteiger partial charge in [-0.05, 0) is 29.7 Å². The van der Waals surface area contributed by atoms with Crippen molar-refractivity contribution in [3.8, 4) is 5.75 Å². The molecule has 0 saturated carbocycles. The molecule has 2 aromatic carbocycles. The quantitative estimate of drug-likeness (QED) is 0.802. The summed E-state index contributed by atoms with van der Waals surface area (Å²) in [6, 6.07) is 15.4. The molecule has 1 amide bonds. The number of benzene rings is 2. The van der Waals surface area contributed by atoms with E-state index in [1.807, 2.05) is 42.5 Å². The van der Waals surface area contributed by atoms with Crippen LogP contribution >= 0.6 is 0 Å². The lowest BCUT2D eigenvalue weighted by atomic mass is 10.1. The highest BCUT2D eigenvalue weighted by atomic mass is 16.5. The minimum Gasteiger partial charge on any atom is -0.496 e. The smallest absolute Gasteiger partial charge is 0.251 e. The fraction of sp³-hybridized carbons (Fsp3) is 0.350. The number of hydrogen-bond acceptors (Lipinski definition) is 3. The molecule has 1 N–H and O–H groups in total. The van der Waals surface area contributed by atoms with Crippen LogP contribution in [0.2, 0.25) is 0 Å². The predicted molar refractivity (Wildman–Crippen MR) is 95.1 cm³/mol. The summed E-state index contributed by atoms with van der Waals surface area (Å²) in [6.45, 7) is 5.70. The van der Waals surface area contributed by atoms with Gasteiger partial charge in [-0.15, -0.1) is 0 Å². The highest BCUT2D eigenvalue weighted by molar-refractivity contribution is 5.94. The fourth-order valence-electron chi connectivity index (χ4n) is 2.28. The van der Waals surface area contributed by atoms with Crippen LogP contribution in [-0.2, 0) is 18.0 Å². The van der Waals surface area contributed by atoms with E-state index < -0.39 is 0 Å². The van der Waals surface area contributed by atoms with Crippen LogP contribution in [0.15, 0.2) is 48.5 Å². The summed E-state index contributed by atoms with van der Waals surface area (Å²) in [5.74, 6) is 1.07. The Balaban J connectivity index is 2.01. The minimum absolute atomic E-state index is 0.0735. The Kier molecular flexibility index (Phi) is 6.82. The third-order valence-electron chi connectivity index (χ3n) is 3.58. The number of hydrogen-bond donors (Lipinski definition) is 1. The first-order valence-corrected chi connectivity index (χ1v) is 8.17. The molecule has 4 heteroatoms. The summed E-state index contributed by atoms with van der Waals surface area (Å²) in [5.41, 5.74) is 2.60. The second kappa shape index (κ2) is 9.08. The lowest BCUT2D eigenvalue weighted by Crippen LogP contribution is -2.27. The van der Waals surface area contributed by atoms with E-state index in [-0.39, 0.29) is 5.91 Å². The number of methoxy groups -OCH3 is 1. The fourth-order valence-corrected chi connectivity index (χ4v) is 2.28. The number of carbonyl (C=O) groups is 1. The maximum absolute atomic E-state index is 12.2. The molecule has 0 aliphatic carbocycles. The van der Waals surface area contributed by atoms with Crippen molar-refractivity contribution in [2.45, 2.75) is 27.1 Å². The first-order chi connectivity index (χ1) is 11.6. The van der Waals surface area contributed by atoms with Crippen LogP contribution in [-0.4, -0.2) is 19.6 Å². The van der Waals surface area contributed by atoms with Crippen molar-refractivity contribution < 1.29 is 14.3 Å². The molecule has 0 fully saturated rings. The van der Waals surface area contributed by atoms with Crippen molar-refractivity contribution in [1.82, 2.24) is 5.32 Å². The van der Waals surface area contributed by atoms with Crippen molar-refractivity contribution in [3.05, 3.63) is 65.2 Å². The maximum atomic E-state index is 12.2. The van der Waals surface area contributed by atoms with Crippen molar-refractivity contribution in [3.63, 3.8) is 0 Å². The Hall–Kier alpha value is -2.33. The molecule has 0 spiro atoms. The molecule has 24 heavy (non-hydrogen) atoms. The van der Waals surface area contributed by atoms with Gasteiger partial charge in [0.1, 0.15) is 5.75 Å². The topological polar surface area (TPSA) is 47.6 Å². The van der Waals surface area contributed by atoms with Gasteiger partial charge in [0.2, 0.25) is 0 Å². The first-order valence-electron chi connectivity index (χ1n) is 8.17. The van der Waals surface area contributed by atoms with E-state index in [0.29, 0.717) is 31.2 Å². The second-order valence-corrected chi connectivity index (χ2v) is 6.11. The van der Waals surface area contributed by atoms with Crippen molar-refractivity contribution in [2.24, 2.45) is 5.92 Å². The van der Waals surface area contributed by atoms with Crippen LogP contribution < -0.4 is 10.1 Å². The van der Waals surface area contributed by atoms with Gasteiger partial charge in [0.05, 0.1) is 20.3 Å². The van der Waals surface area contributed by atoms with Gasteiger partial charge in [0.15, 0.2) is 0 Å². The number of ether oxygens (including phenoxy) is 2. The van der Waals surface area contributed by atoms with Crippen LogP contribution in [0, 0.1) is 5.92 Å². The highest BCUT2D eigenvalue weighted by Crippen LogP contribution is 2.21. The SMILES string of the molecule is COc1ccc(C(=O)NCC(C)C)cc1COCc1ccccc1. The second-order valence-electron chi connectivity index (χ2n) is 6.11. The molecule has 2 aromatic rings. The molecule has 0 unspecified atom stereocenters. The average molecular weight is 327 g/mol. The van der Waals surface area contributed by atoms with Gasteiger partial charge in [-0.2, -0.15) is 0 Å². The Bertz CT molecular complexity index is 653. The largest absolute Gasteiger partial charge is 0.496 e. The number of amides is 1. The van der Waals surface area contributed by atoms with E-state index in [1.165, 1.54) is 0 Å². The molecular formula is C20H25NO3. The molecule has 0 atom stereocenters. The summed E-state index contributed by atoms with van der Waals surface area (Å²) in [6.07, 6.45) is 0. The zero-order chi connectivity index (χ0) is 17.4. The van der Waals surface area contributed by atoms with Crippen LogP contribution in [0.25, 0.3) is 0 Å². The van der Waals surface area contributed by atoms with Crippen LogP contribution in [0.3, 0.4) is 0 Å². The Morgan fingerprint density at radius 2 is 1.83 bits per heavy atom. The van der Waals surface area contributed by atoms with Gasteiger partial charge < -0.3 is 14.8 Å². The molecule has 0 bridgehead atoms. The van der Waals surface area contributed by atoms with Crippen molar-refractivity contribution in [2.75, 3.05) is 13.7 Å². The van der Waals surface area contributed by atoms with Gasteiger partial charge in [-0.1, -0.05) is 44.2 Å². The molecule has 0 aromatic heterocycles. The molecule has 128 valence electrons. The van der Waals surface area contributed by atoms with Crippen LogP contribution in [0.1, 0.15) is 35.3 Å². The van der Waals surface area contributed by atoms with E-state index in [0.717, 1.165) is 16.9 Å². The summed E-state index contributed by atoms with van der Waals surface area (Å²) >= 11 is 0. The summed E-state index contributed by atoms with van der Waals surface area (Å²) in [5, 5.41) is 2.92.